The number of para-hydroxylation sites is 1. The normalized spacial score (nSPS) is 12.5. The first-order chi connectivity index (χ1) is 12.7. The summed E-state index contributed by atoms with van der Waals surface area (Å²) in [5.41, 5.74) is 0.816. The maximum Gasteiger partial charge on any atom is 0.270 e. The Morgan fingerprint density at radius 1 is 1.11 bits per heavy atom. The Balaban J connectivity index is 2.67. The average Bonchev–Trinajstić information content (AvgIpc) is 2.67. The van der Waals surface area contributed by atoms with Crippen molar-refractivity contribution < 1.29 is 17.9 Å². The quantitative estimate of drug-likeness (QED) is 0.729. The minimum atomic E-state index is -4.14. The van der Waals surface area contributed by atoms with Crippen molar-refractivity contribution >= 4 is 27.7 Å². The molecule has 0 saturated heterocycles. The summed E-state index contributed by atoms with van der Waals surface area (Å²) < 4.78 is 32.7. The van der Waals surface area contributed by atoms with Gasteiger partial charge in [-0.05, 0) is 56.9 Å². The maximum absolute atomic E-state index is 13.4. The molecule has 144 valence electrons. The summed E-state index contributed by atoms with van der Waals surface area (Å²) in [4.78, 5) is 14.8. The van der Waals surface area contributed by atoms with E-state index in [0.717, 1.165) is 4.31 Å². The summed E-state index contributed by atoms with van der Waals surface area (Å²) in [7, 11) is 0.808. The zero-order valence-electron chi connectivity index (χ0n) is 15.9. The summed E-state index contributed by atoms with van der Waals surface area (Å²) >= 11 is 0. The molecule has 0 radical (unpaired) electrons. The molecule has 2 aromatic rings. The molecule has 0 bridgehead atoms. The molecule has 0 aliphatic rings. The third-order valence-corrected chi connectivity index (χ3v) is 6.03. The lowest BCUT2D eigenvalue weighted by Gasteiger charge is -2.29. The van der Waals surface area contributed by atoms with Gasteiger partial charge in [0, 0.05) is 0 Å². The van der Waals surface area contributed by atoms with Crippen molar-refractivity contribution in [3.05, 3.63) is 60.7 Å². The third kappa shape index (κ3) is 4.20. The molecule has 0 saturated carbocycles. The van der Waals surface area contributed by atoms with Crippen LogP contribution in [0.4, 0.5) is 5.69 Å². The van der Waals surface area contributed by atoms with Crippen LogP contribution in [0.1, 0.15) is 12.5 Å². The van der Waals surface area contributed by atoms with Crippen LogP contribution in [-0.4, -0.2) is 46.5 Å². The Labute approximate surface area is 160 Å². The SMILES string of the molecule is C=Cc1ccccc1N(C(=O)C(C)N(C)C)S(=O)(=O)c1ccc(OC)cc1. The van der Waals surface area contributed by atoms with Crippen LogP contribution in [0.5, 0.6) is 5.75 Å². The number of likely N-dealkylation sites (N-methyl/N-ethyl adjacent to an activating group) is 1. The lowest BCUT2D eigenvalue weighted by molar-refractivity contribution is -0.121. The lowest BCUT2D eigenvalue weighted by atomic mass is 10.1. The Hall–Kier alpha value is -2.64. The summed E-state index contributed by atoms with van der Waals surface area (Å²) in [6.45, 7) is 5.39. The number of carbonyl (C=O) groups is 1. The molecule has 1 unspecified atom stereocenters. The van der Waals surface area contributed by atoms with E-state index in [-0.39, 0.29) is 10.6 Å². The highest BCUT2D eigenvalue weighted by Crippen LogP contribution is 2.30. The molecule has 0 fully saturated rings. The minimum absolute atomic E-state index is 0.00136. The highest BCUT2D eigenvalue weighted by molar-refractivity contribution is 7.93. The van der Waals surface area contributed by atoms with Crippen molar-refractivity contribution in [2.45, 2.75) is 17.9 Å². The van der Waals surface area contributed by atoms with Crippen molar-refractivity contribution in [2.24, 2.45) is 0 Å². The molecule has 0 aliphatic carbocycles. The summed E-state index contributed by atoms with van der Waals surface area (Å²) in [5, 5.41) is 0. The first kappa shape index (κ1) is 20.7. The number of carbonyl (C=O) groups excluding carboxylic acids is 1. The molecule has 7 heteroatoms. The molecule has 27 heavy (non-hydrogen) atoms. The van der Waals surface area contributed by atoms with Gasteiger partial charge in [-0.15, -0.1) is 0 Å². The van der Waals surface area contributed by atoms with Crippen molar-refractivity contribution in [1.82, 2.24) is 4.90 Å². The van der Waals surface area contributed by atoms with E-state index in [1.54, 1.807) is 62.3 Å². The van der Waals surface area contributed by atoms with E-state index in [4.69, 9.17) is 4.74 Å². The number of rotatable bonds is 7. The van der Waals surface area contributed by atoms with Gasteiger partial charge in [0.25, 0.3) is 15.9 Å². The van der Waals surface area contributed by atoms with Crippen molar-refractivity contribution in [3.63, 3.8) is 0 Å². The number of sulfonamides is 1. The van der Waals surface area contributed by atoms with E-state index in [1.165, 1.54) is 25.3 Å². The van der Waals surface area contributed by atoms with E-state index in [9.17, 15) is 13.2 Å². The molecule has 0 aliphatic heterocycles. The standard InChI is InChI=1S/C20H24N2O4S/c1-6-16-9-7-8-10-19(16)22(20(23)15(2)21(3)4)27(24,25)18-13-11-17(26-5)12-14-18/h6-15H,1H2,2-5H3. The second kappa shape index (κ2) is 8.37. The largest absolute Gasteiger partial charge is 0.497 e. The Kier molecular flexibility index (Phi) is 6.41. The number of hydrogen-bond donors (Lipinski definition) is 0. The van der Waals surface area contributed by atoms with E-state index in [1.807, 2.05) is 0 Å². The second-order valence-corrected chi connectivity index (χ2v) is 7.97. The van der Waals surface area contributed by atoms with E-state index >= 15 is 0 Å². The fraction of sp³-hybridized carbons (Fsp3) is 0.250. The summed E-state index contributed by atoms with van der Waals surface area (Å²) in [6.07, 6.45) is 1.53. The van der Waals surface area contributed by atoms with Gasteiger partial charge in [-0.25, -0.2) is 12.7 Å². The van der Waals surface area contributed by atoms with Gasteiger partial charge in [0.2, 0.25) is 0 Å². The highest BCUT2D eigenvalue weighted by atomic mass is 32.2. The second-order valence-electron chi connectivity index (χ2n) is 6.19. The zero-order valence-corrected chi connectivity index (χ0v) is 16.7. The Morgan fingerprint density at radius 3 is 2.22 bits per heavy atom. The summed E-state index contributed by atoms with van der Waals surface area (Å²) in [5.74, 6) is -0.0231. The molecular weight excluding hydrogens is 364 g/mol. The Morgan fingerprint density at radius 2 is 1.70 bits per heavy atom. The number of hydrogen-bond acceptors (Lipinski definition) is 5. The number of nitrogens with zero attached hydrogens (tertiary/aromatic N) is 2. The topological polar surface area (TPSA) is 66.9 Å². The minimum Gasteiger partial charge on any atom is -0.497 e. The number of benzene rings is 2. The number of amides is 1. The monoisotopic (exact) mass is 388 g/mol. The fourth-order valence-electron chi connectivity index (χ4n) is 2.46. The van der Waals surface area contributed by atoms with Gasteiger partial charge >= 0.3 is 0 Å². The fourth-order valence-corrected chi connectivity index (χ4v) is 3.96. The van der Waals surface area contributed by atoms with E-state index in [0.29, 0.717) is 11.3 Å². The molecule has 1 amide bonds. The highest BCUT2D eigenvalue weighted by Gasteiger charge is 2.35. The van der Waals surface area contributed by atoms with Crippen LogP contribution < -0.4 is 9.04 Å². The van der Waals surface area contributed by atoms with Crippen LogP contribution in [-0.2, 0) is 14.8 Å². The molecular formula is C20H24N2O4S. The Bertz CT molecular complexity index is 921. The summed E-state index contributed by atoms with van der Waals surface area (Å²) in [6, 6.07) is 12.1. The molecule has 1 atom stereocenters. The molecule has 0 spiro atoms. The predicted octanol–water partition coefficient (Wildman–Crippen LogP) is 3.01. The van der Waals surface area contributed by atoms with Crippen molar-refractivity contribution in [3.8, 4) is 5.75 Å². The van der Waals surface area contributed by atoms with E-state index < -0.39 is 22.0 Å². The average molecular weight is 388 g/mol. The predicted molar refractivity (Wildman–Crippen MR) is 107 cm³/mol. The van der Waals surface area contributed by atoms with Crippen molar-refractivity contribution in [1.29, 1.82) is 0 Å². The van der Waals surface area contributed by atoms with Crippen LogP contribution in [0.3, 0.4) is 0 Å². The van der Waals surface area contributed by atoms with Crippen molar-refractivity contribution in [2.75, 3.05) is 25.5 Å². The van der Waals surface area contributed by atoms with Gasteiger partial charge in [0.05, 0.1) is 23.7 Å². The third-order valence-electron chi connectivity index (χ3n) is 4.31. The molecule has 6 nitrogen and oxygen atoms in total. The zero-order chi connectivity index (χ0) is 20.2. The lowest BCUT2D eigenvalue weighted by Crippen LogP contribution is -2.47. The molecule has 0 aromatic heterocycles. The maximum atomic E-state index is 13.4. The van der Waals surface area contributed by atoms with Gasteiger partial charge in [-0.3, -0.25) is 9.69 Å². The van der Waals surface area contributed by atoms with Crippen LogP contribution in [0.15, 0.2) is 60.0 Å². The van der Waals surface area contributed by atoms with Gasteiger partial charge < -0.3 is 4.74 Å². The van der Waals surface area contributed by atoms with Gasteiger partial charge in [-0.2, -0.15) is 0 Å². The molecule has 0 heterocycles. The van der Waals surface area contributed by atoms with Gasteiger partial charge in [-0.1, -0.05) is 30.9 Å². The van der Waals surface area contributed by atoms with Crippen LogP contribution in [0.25, 0.3) is 6.08 Å². The molecule has 0 N–H and O–H groups in total. The van der Waals surface area contributed by atoms with Gasteiger partial charge in [0.1, 0.15) is 5.75 Å². The van der Waals surface area contributed by atoms with Gasteiger partial charge in [0.15, 0.2) is 0 Å². The smallest absolute Gasteiger partial charge is 0.270 e. The molecule has 2 aromatic carbocycles. The molecule has 2 rings (SSSR count). The van der Waals surface area contributed by atoms with Crippen LogP contribution >= 0.6 is 0 Å². The van der Waals surface area contributed by atoms with Crippen LogP contribution in [0.2, 0.25) is 0 Å². The number of methoxy groups -OCH3 is 1. The first-order valence-corrected chi connectivity index (χ1v) is 9.79. The van der Waals surface area contributed by atoms with Crippen LogP contribution in [0, 0.1) is 0 Å². The van der Waals surface area contributed by atoms with E-state index in [2.05, 4.69) is 6.58 Å². The number of anilines is 1. The number of ether oxygens (including phenoxy) is 1. The first-order valence-electron chi connectivity index (χ1n) is 8.35.